The van der Waals surface area contributed by atoms with Crippen molar-refractivity contribution in [1.29, 1.82) is 0 Å². The molecule has 1 amide bonds. The Kier molecular flexibility index (Phi) is 4.42. The number of hydrogen-bond donors (Lipinski definition) is 1. The summed E-state index contributed by atoms with van der Waals surface area (Å²) in [4.78, 5) is 11.3. The van der Waals surface area contributed by atoms with E-state index in [-0.39, 0.29) is 0 Å². The third-order valence-corrected chi connectivity index (χ3v) is 3.98. The van der Waals surface area contributed by atoms with E-state index in [1.807, 2.05) is 38.4 Å². The predicted octanol–water partition coefficient (Wildman–Crippen LogP) is 4.24. The molecule has 5 heteroatoms. The number of nitrogens with one attached hydrogen (secondary N) is 1. The molecule has 5 nitrogen and oxygen atoms in total. The van der Waals surface area contributed by atoms with E-state index >= 15 is 0 Å². The van der Waals surface area contributed by atoms with Crippen LogP contribution in [0.25, 0.3) is 10.9 Å². The van der Waals surface area contributed by atoms with Crippen LogP contribution < -0.4 is 10.1 Å². The summed E-state index contributed by atoms with van der Waals surface area (Å²) < 4.78 is 12.6. The summed E-state index contributed by atoms with van der Waals surface area (Å²) in [5, 5.41) is 3.87. The predicted molar refractivity (Wildman–Crippen MR) is 94.5 cm³/mol. The Morgan fingerprint density at radius 3 is 2.75 bits per heavy atom. The van der Waals surface area contributed by atoms with Gasteiger partial charge in [0.25, 0.3) is 0 Å². The van der Waals surface area contributed by atoms with Gasteiger partial charge in [-0.25, -0.2) is 4.79 Å². The highest BCUT2D eigenvalue weighted by molar-refractivity contribution is 5.85. The average molecular weight is 324 g/mol. The molecule has 1 aromatic heterocycles. The lowest BCUT2D eigenvalue weighted by atomic mass is 10.1. The smallest absolute Gasteiger partial charge is 0.411 e. The van der Waals surface area contributed by atoms with Crippen LogP contribution >= 0.6 is 0 Å². The first-order chi connectivity index (χ1) is 11.6. The molecule has 3 aromatic rings. The second kappa shape index (κ2) is 6.66. The highest BCUT2D eigenvalue weighted by Crippen LogP contribution is 2.23. The second-order valence-electron chi connectivity index (χ2n) is 5.70. The van der Waals surface area contributed by atoms with E-state index in [9.17, 15) is 4.79 Å². The molecule has 2 aromatic carbocycles. The third kappa shape index (κ3) is 3.35. The van der Waals surface area contributed by atoms with Gasteiger partial charge in [-0.05, 0) is 59.8 Å². The number of rotatable bonds is 4. The Balaban J connectivity index is 1.69. The number of benzene rings is 2. The first-order valence-electron chi connectivity index (χ1n) is 7.69. The standard InChI is InChI=1S/C19H20N2O3/c1-13-10-16(5-6-17(13)20-19(22)23-3)24-12-14-4-7-18-15(11-14)8-9-21(18)2/h4-11H,12H2,1-3H3,(H,20,22). The molecule has 0 spiro atoms. The van der Waals surface area contributed by atoms with Crippen LogP contribution in [0.2, 0.25) is 0 Å². The van der Waals surface area contributed by atoms with Crippen molar-refractivity contribution < 1.29 is 14.3 Å². The minimum atomic E-state index is -0.483. The summed E-state index contributed by atoms with van der Waals surface area (Å²) in [7, 11) is 3.37. The molecule has 0 radical (unpaired) electrons. The molecule has 0 saturated heterocycles. The maximum atomic E-state index is 11.3. The molecular weight excluding hydrogens is 304 g/mol. The topological polar surface area (TPSA) is 52.5 Å². The van der Waals surface area contributed by atoms with E-state index in [2.05, 4.69) is 38.9 Å². The van der Waals surface area contributed by atoms with Gasteiger partial charge in [-0.2, -0.15) is 0 Å². The zero-order chi connectivity index (χ0) is 17.1. The lowest BCUT2D eigenvalue weighted by molar-refractivity contribution is 0.187. The molecule has 0 aliphatic carbocycles. The van der Waals surface area contributed by atoms with Gasteiger partial charge in [-0.15, -0.1) is 0 Å². The number of ether oxygens (including phenoxy) is 2. The number of methoxy groups -OCH3 is 1. The van der Waals surface area contributed by atoms with E-state index < -0.39 is 6.09 Å². The molecule has 124 valence electrons. The summed E-state index contributed by atoms with van der Waals surface area (Å²) in [5.41, 5.74) is 3.94. The van der Waals surface area contributed by atoms with E-state index in [4.69, 9.17) is 4.74 Å². The van der Waals surface area contributed by atoms with Crippen LogP contribution in [-0.4, -0.2) is 17.8 Å². The number of aromatic nitrogens is 1. The van der Waals surface area contributed by atoms with E-state index in [1.165, 1.54) is 18.0 Å². The fourth-order valence-corrected chi connectivity index (χ4v) is 2.61. The van der Waals surface area contributed by atoms with Crippen LogP contribution in [0.1, 0.15) is 11.1 Å². The van der Waals surface area contributed by atoms with Crippen LogP contribution in [0.3, 0.4) is 0 Å². The summed E-state index contributed by atoms with van der Waals surface area (Å²) in [6, 6.07) is 13.9. The van der Waals surface area contributed by atoms with Crippen molar-refractivity contribution in [2.24, 2.45) is 7.05 Å². The number of fused-ring (bicyclic) bond motifs is 1. The maximum Gasteiger partial charge on any atom is 0.411 e. The van der Waals surface area contributed by atoms with Crippen molar-refractivity contribution in [2.75, 3.05) is 12.4 Å². The number of carbonyl (C=O) groups excluding carboxylic acids is 1. The molecule has 0 aliphatic heterocycles. The van der Waals surface area contributed by atoms with Gasteiger partial charge in [-0.3, -0.25) is 5.32 Å². The number of hydrogen-bond acceptors (Lipinski definition) is 3. The fourth-order valence-electron chi connectivity index (χ4n) is 2.61. The van der Waals surface area contributed by atoms with E-state index in [0.717, 1.165) is 16.9 Å². The summed E-state index contributed by atoms with van der Waals surface area (Å²) in [6.45, 7) is 2.40. The molecule has 1 heterocycles. The van der Waals surface area contributed by atoms with Gasteiger partial charge in [0.1, 0.15) is 12.4 Å². The number of carbonyl (C=O) groups is 1. The van der Waals surface area contributed by atoms with Crippen molar-refractivity contribution in [2.45, 2.75) is 13.5 Å². The van der Waals surface area contributed by atoms with Gasteiger partial charge in [0, 0.05) is 24.4 Å². The Labute approximate surface area is 140 Å². The quantitative estimate of drug-likeness (QED) is 0.781. The first-order valence-corrected chi connectivity index (χ1v) is 7.69. The summed E-state index contributed by atoms with van der Waals surface area (Å²) in [6.07, 6.45) is 1.56. The number of amides is 1. The highest BCUT2D eigenvalue weighted by atomic mass is 16.5. The third-order valence-electron chi connectivity index (χ3n) is 3.98. The molecule has 0 atom stereocenters. The fraction of sp³-hybridized carbons (Fsp3) is 0.211. The molecular formula is C19H20N2O3. The van der Waals surface area contributed by atoms with Gasteiger partial charge in [0.15, 0.2) is 0 Å². The second-order valence-corrected chi connectivity index (χ2v) is 5.70. The molecule has 3 rings (SSSR count). The average Bonchev–Trinajstić information content (AvgIpc) is 2.95. The normalized spacial score (nSPS) is 10.6. The van der Waals surface area contributed by atoms with Gasteiger partial charge in [0.05, 0.1) is 7.11 Å². The molecule has 24 heavy (non-hydrogen) atoms. The number of nitrogens with zero attached hydrogens (tertiary/aromatic N) is 1. The lowest BCUT2D eigenvalue weighted by Gasteiger charge is -2.11. The molecule has 0 unspecified atom stereocenters. The van der Waals surface area contributed by atoms with Crippen LogP contribution in [0.15, 0.2) is 48.7 Å². The van der Waals surface area contributed by atoms with Gasteiger partial charge in [-0.1, -0.05) is 6.07 Å². The van der Waals surface area contributed by atoms with E-state index in [0.29, 0.717) is 12.3 Å². The summed E-state index contributed by atoms with van der Waals surface area (Å²) in [5.74, 6) is 0.760. The van der Waals surface area contributed by atoms with Crippen molar-refractivity contribution >= 4 is 22.7 Å². The minimum Gasteiger partial charge on any atom is -0.489 e. The van der Waals surface area contributed by atoms with Gasteiger partial charge < -0.3 is 14.0 Å². The SMILES string of the molecule is COC(=O)Nc1ccc(OCc2ccc3c(ccn3C)c2)cc1C. The molecule has 0 bridgehead atoms. The summed E-state index contributed by atoms with van der Waals surface area (Å²) >= 11 is 0. The number of anilines is 1. The molecule has 1 N–H and O–H groups in total. The Morgan fingerprint density at radius 1 is 1.17 bits per heavy atom. The minimum absolute atomic E-state index is 0.483. The zero-order valence-corrected chi connectivity index (χ0v) is 14.0. The van der Waals surface area contributed by atoms with Crippen molar-refractivity contribution in [3.8, 4) is 5.75 Å². The van der Waals surface area contributed by atoms with Crippen molar-refractivity contribution in [3.63, 3.8) is 0 Å². The zero-order valence-electron chi connectivity index (χ0n) is 14.0. The van der Waals surface area contributed by atoms with Gasteiger partial charge >= 0.3 is 6.09 Å². The largest absolute Gasteiger partial charge is 0.489 e. The lowest BCUT2D eigenvalue weighted by Crippen LogP contribution is -2.11. The van der Waals surface area contributed by atoms with Crippen LogP contribution in [0.5, 0.6) is 5.75 Å². The van der Waals surface area contributed by atoms with Crippen LogP contribution in [-0.2, 0) is 18.4 Å². The van der Waals surface area contributed by atoms with Gasteiger partial charge in [0.2, 0.25) is 0 Å². The van der Waals surface area contributed by atoms with Crippen molar-refractivity contribution in [3.05, 3.63) is 59.8 Å². The van der Waals surface area contributed by atoms with Crippen LogP contribution in [0.4, 0.5) is 10.5 Å². The maximum absolute atomic E-state index is 11.3. The monoisotopic (exact) mass is 324 g/mol. The Hall–Kier alpha value is -2.95. The van der Waals surface area contributed by atoms with E-state index in [1.54, 1.807) is 0 Å². The van der Waals surface area contributed by atoms with Crippen LogP contribution in [0, 0.1) is 6.92 Å². The molecule has 0 fully saturated rings. The first kappa shape index (κ1) is 15.9. The van der Waals surface area contributed by atoms with Crippen molar-refractivity contribution in [1.82, 2.24) is 4.57 Å². The number of aryl methyl sites for hydroxylation is 2. The Bertz CT molecular complexity index is 883. The highest BCUT2D eigenvalue weighted by Gasteiger charge is 2.06. The molecule has 0 saturated carbocycles. The molecule has 0 aliphatic rings. The Morgan fingerprint density at radius 2 is 2.00 bits per heavy atom.